The maximum absolute atomic E-state index is 5.36. The van der Waals surface area contributed by atoms with Crippen LogP contribution in [0.3, 0.4) is 0 Å². The number of pyridine rings is 3. The van der Waals surface area contributed by atoms with E-state index in [1.54, 1.807) is 11.3 Å². The van der Waals surface area contributed by atoms with Crippen LogP contribution in [0.4, 0.5) is 0 Å². The van der Waals surface area contributed by atoms with Crippen LogP contribution in [-0.2, 0) is 0 Å². The van der Waals surface area contributed by atoms with E-state index in [1.165, 1.54) is 30.9 Å². The molecule has 6 heteroatoms. The Morgan fingerprint density at radius 2 is 0.952 bits per heavy atom. The number of para-hydroxylation sites is 2. The highest BCUT2D eigenvalue weighted by Crippen LogP contribution is 2.40. The smallest absolute Gasteiger partial charge is 0.138 e. The molecule has 0 spiro atoms. The maximum atomic E-state index is 5.36. The van der Waals surface area contributed by atoms with E-state index >= 15 is 0 Å². The van der Waals surface area contributed by atoms with Crippen molar-refractivity contribution in [3.05, 3.63) is 212 Å². The van der Waals surface area contributed by atoms with Crippen molar-refractivity contribution in [2.75, 3.05) is 0 Å². The van der Waals surface area contributed by atoms with Crippen molar-refractivity contribution in [1.82, 2.24) is 24.1 Å². The van der Waals surface area contributed by atoms with Gasteiger partial charge in [-0.25, -0.2) is 9.97 Å². The van der Waals surface area contributed by atoms with Gasteiger partial charge in [0.05, 0.1) is 55.1 Å². The number of hydrogen-bond acceptors (Lipinski definition) is 4. The molecule has 7 aromatic carbocycles. The lowest BCUT2D eigenvalue weighted by Gasteiger charge is -2.13. The summed E-state index contributed by atoms with van der Waals surface area (Å²) in [6.45, 7) is 0. The Morgan fingerprint density at radius 1 is 0.333 bits per heavy atom. The van der Waals surface area contributed by atoms with Crippen LogP contribution in [0.1, 0.15) is 0 Å². The van der Waals surface area contributed by atoms with Crippen LogP contribution in [0, 0.1) is 0 Å². The van der Waals surface area contributed by atoms with Gasteiger partial charge in [0.25, 0.3) is 0 Å². The summed E-state index contributed by atoms with van der Waals surface area (Å²) in [6.07, 6.45) is 1.87. The molecule has 0 radical (unpaired) electrons. The standard InChI is InChI=1S/C57H35N5S/c1-3-13-36(14-4-1)48-34-41(35-49(59-48)37-15-5-2-6-16-37)61-50-20-9-8-18-43(50)45-31-38(25-28-52(45)61)39-24-27-44-42-17-7-10-21-51(42)62(53(44)33-39)56-23-11-19-47(60-56)40-26-29-54-46(32-40)57-55(63-54)22-12-30-58-57/h1-35H. The first kappa shape index (κ1) is 35.6. The molecular weight excluding hydrogens is 787 g/mol. The van der Waals surface area contributed by atoms with Gasteiger partial charge in [0.2, 0.25) is 0 Å². The molecule has 63 heavy (non-hydrogen) atoms. The molecule has 0 saturated carbocycles. The summed E-state index contributed by atoms with van der Waals surface area (Å²) in [4.78, 5) is 15.3. The first-order valence-corrected chi connectivity index (χ1v) is 22.0. The number of benzene rings is 7. The zero-order valence-corrected chi connectivity index (χ0v) is 34.7. The molecule has 0 bridgehead atoms. The molecule has 6 heterocycles. The lowest BCUT2D eigenvalue weighted by atomic mass is 10.0. The van der Waals surface area contributed by atoms with Gasteiger partial charge in [-0.1, -0.05) is 127 Å². The number of thiophene rings is 1. The topological polar surface area (TPSA) is 48.5 Å². The summed E-state index contributed by atoms with van der Waals surface area (Å²) in [5.74, 6) is 0.880. The second kappa shape index (κ2) is 14.2. The molecule has 6 aromatic heterocycles. The zero-order valence-electron chi connectivity index (χ0n) is 33.9. The van der Waals surface area contributed by atoms with Crippen molar-refractivity contribution in [2.24, 2.45) is 0 Å². The van der Waals surface area contributed by atoms with Gasteiger partial charge in [-0.2, -0.15) is 0 Å². The lowest BCUT2D eigenvalue weighted by Crippen LogP contribution is -1.98. The Morgan fingerprint density at radius 3 is 1.73 bits per heavy atom. The highest BCUT2D eigenvalue weighted by Gasteiger charge is 2.19. The average Bonchev–Trinajstić information content (AvgIpc) is 4.01. The van der Waals surface area contributed by atoms with Crippen LogP contribution in [0.5, 0.6) is 0 Å². The Kier molecular flexibility index (Phi) is 8.01. The van der Waals surface area contributed by atoms with Crippen LogP contribution in [-0.4, -0.2) is 24.1 Å². The van der Waals surface area contributed by atoms with Crippen molar-refractivity contribution < 1.29 is 0 Å². The number of rotatable bonds is 6. The quantitative estimate of drug-likeness (QED) is 0.168. The fourth-order valence-corrected chi connectivity index (χ4v) is 10.5. The fraction of sp³-hybridized carbons (Fsp3) is 0. The molecule has 0 fully saturated rings. The minimum absolute atomic E-state index is 0.880. The van der Waals surface area contributed by atoms with Gasteiger partial charge in [-0.15, -0.1) is 11.3 Å². The van der Waals surface area contributed by atoms with E-state index in [1.807, 2.05) is 12.3 Å². The van der Waals surface area contributed by atoms with Crippen molar-refractivity contribution in [2.45, 2.75) is 0 Å². The van der Waals surface area contributed by atoms with E-state index in [4.69, 9.17) is 15.0 Å². The van der Waals surface area contributed by atoms with E-state index in [0.29, 0.717) is 0 Å². The Bertz CT molecular complexity index is 3860. The van der Waals surface area contributed by atoms with E-state index in [9.17, 15) is 0 Å². The van der Waals surface area contributed by atoms with Gasteiger partial charge in [-0.3, -0.25) is 9.55 Å². The molecule has 0 aliphatic rings. The third-order valence-corrected chi connectivity index (χ3v) is 13.5. The van der Waals surface area contributed by atoms with Gasteiger partial charge in [0, 0.05) is 54.5 Å². The van der Waals surface area contributed by atoms with E-state index in [0.717, 1.165) is 89.4 Å². The summed E-state index contributed by atoms with van der Waals surface area (Å²) in [6, 6.07) is 73.6. The molecule has 0 aliphatic heterocycles. The summed E-state index contributed by atoms with van der Waals surface area (Å²) >= 11 is 1.78. The van der Waals surface area contributed by atoms with Crippen LogP contribution in [0.15, 0.2) is 212 Å². The third kappa shape index (κ3) is 5.80. The molecular formula is C57H35N5S. The normalized spacial score (nSPS) is 11.8. The van der Waals surface area contributed by atoms with Crippen LogP contribution in [0.2, 0.25) is 0 Å². The monoisotopic (exact) mass is 821 g/mol. The number of hydrogen-bond donors (Lipinski definition) is 0. The predicted molar refractivity (Wildman–Crippen MR) is 263 cm³/mol. The largest absolute Gasteiger partial charge is 0.309 e. The summed E-state index contributed by atoms with van der Waals surface area (Å²) < 4.78 is 7.14. The molecule has 0 aliphatic carbocycles. The highest BCUT2D eigenvalue weighted by atomic mass is 32.1. The van der Waals surface area contributed by atoms with Crippen LogP contribution in [0.25, 0.3) is 120 Å². The average molecular weight is 822 g/mol. The van der Waals surface area contributed by atoms with Gasteiger partial charge in [-0.05, 0) is 90.0 Å². The van der Waals surface area contributed by atoms with Crippen molar-refractivity contribution in [1.29, 1.82) is 0 Å². The molecule has 0 amide bonds. The molecule has 0 unspecified atom stereocenters. The fourth-order valence-electron chi connectivity index (χ4n) is 9.45. The SMILES string of the molecule is c1ccc(-c2cc(-n3c4ccccc4c4cc(-c5ccc6c7ccccc7n(-c7cccc(-c8ccc9sc%10cccnc%10c9c8)n7)c6c5)ccc43)cc(-c3ccccc3)n2)cc1. The third-order valence-electron chi connectivity index (χ3n) is 12.4. The highest BCUT2D eigenvalue weighted by molar-refractivity contribution is 7.25. The minimum Gasteiger partial charge on any atom is -0.309 e. The second-order valence-electron chi connectivity index (χ2n) is 16.0. The molecule has 0 saturated heterocycles. The van der Waals surface area contributed by atoms with Crippen molar-refractivity contribution in [3.8, 4) is 56.4 Å². The predicted octanol–water partition coefficient (Wildman–Crippen LogP) is 15.1. The van der Waals surface area contributed by atoms with Crippen LogP contribution >= 0.6 is 11.3 Å². The van der Waals surface area contributed by atoms with E-state index in [-0.39, 0.29) is 0 Å². The molecule has 5 nitrogen and oxygen atoms in total. The molecule has 0 atom stereocenters. The molecule has 13 aromatic rings. The first-order valence-electron chi connectivity index (χ1n) is 21.2. The van der Waals surface area contributed by atoms with Crippen molar-refractivity contribution >= 4 is 75.3 Å². The number of fused-ring (bicyclic) bond motifs is 9. The Labute approximate surface area is 366 Å². The summed E-state index contributed by atoms with van der Waals surface area (Å²) in [7, 11) is 0. The minimum atomic E-state index is 0.880. The Hall–Kier alpha value is -8.19. The second-order valence-corrected chi connectivity index (χ2v) is 17.1. The van der Waals surface area contributed by atoms with Gasteiger partial charge >= 0.3 is 0 Å². The van der Waals surface area contributed by atoms with Crippen LogP contribution < -0.4 is 0 Å². The number of aromatic nitrogens is 5. The first-order chi connectivity index (χ1) is 31.2. The zero-order chi connectivity index (χ0) is 41.4. The maximum Gasteiger partial charge on any atom is 0.138 e. The molecule has 294 valence electrons. The molecule has 0 N–H and O–H groups in total. The van der Waals surface area contributed by atoms with Crippen molar-refractivity contribution in [3.63, 3.8) is 0 Å². The molecule has 13 rings (SSSR count). The van der Waals surface area contributed by atoms with Gasteiger partial charge in [0.15, 0.2) is 0 Å². The summed E-state index contributed by atoms with van der Waals surface area (Å²) in [5, 5.41) is 5.95. The summed E-state index contributed by atoms with van der Waals surface area (Å²) in [5.41, 5.74) is 15.0. The Balaban J connectivity index is 0.961. The van der Waals surface area contributed by atoms with E-state index < -0.39 is 0 Å². The van der Waals surface area contributed by atoms with E-state index in [2.05, 4.69) is 209 Å². The van der Waals surface area contributed by atoms with Gasteiger partial charge in [0.1, 0.15) is 5.82 Å². The lowest BCUT2D eigenvalue weighted by molar-refractivity contribution is 1.08. The number of nitrogens with zero attached hydrogens (tertiary/aromatic N) is 5. The van der Waals surface area contributed by atoms with Gasteiger partial charge < -0.3 is 4.57 Å².